The zero-order valence-electron chi connectivity index (χ0n) is 8.55. The van der Waals surface area contributed by atoms with E-state index < -0.39 is 17.9 Å². The highest BCUT2D eigenvalue weighted by Gasteiger charge is 2.32. The Morgan fingerprint density at radius 2 is 2.06 bits per heavy atom. The average molecular weight is 268 g/mol. The van der Waals surface area contributed by atoms with Gasteiger partial charge in [-0.05, 0) is 12.1 Å². The highest BCUT2D eigenvalue weighted by Crippen LogP contribution is 2.30. The number of benzene rings is 1. The zero-order valence-corrected chi connectivity index (χ0v) is 9.31. The fraction of sp³-hybridized carbons (Fsp3) is 0.300. The monoisotopic (exact) mass is 267 g/mol. The van der Waals surface area contributed by atoms with Crippen molar-refractivity contribution in [3.8, 4) is 5.75 Å². The van der Waals surface area contributed by atoms with Gasteiger partial charge in [-0.3, -0.25) is 4.79 Å². The lowest BCUT2D eigenvalue weighted by Crippen LogP contribution is -2.19. The van der Waals surface area contributed by atoms with E-state index in [1.54, 1.807) is 0 Å². The van der Waals surface area contributed by atoms with Crippen LogP contribution in [0.3, 0.4) is 0 Å². The van der Waals surface area contributed by atoms with E-state index in [-0.39, 0.29) is 23.6 Å². The van der Waals surface area contributed by atoms with Crippen molar-refractivity contribution < 1.29 is 22.7 Å². The molecule has 0 aliphatic rings. The van der Waals surface area contributed by atoms with E-state index in [1.807, 2.05) is 0 Å². The minimum atomic E-state index is -4.83. The number of nitrogens with two attached hydrogens (primary N) is 1. The Hall–Kier alpha value is -1.43. The summed E-state index contributed by atoms with van der Waals surface area (Å²) in [4.78, 5) is 11.1. The Balaban J connectivity index is 3.04. The first-order chi connectivity index (χ1) is 7.83. The normalized spacial score (nSPS) is 11.3. The number of Topliss-reactive ketones (excluding diaryl/α,β-unsaturated/α-hetero) is 1. The number of hydrogen-bond donors (Lipinski definition) is 1. The molecule has 0 heterocycles. The summed E-state index contributed by atoms with van der Waals surface area (Å²) in [6.45, 7) is 0. The van der Waals surface area contributed by atoms with E-state index in [1.165, 1.54) is 12.1 Å². The molecule has 0 aliphatic heterocycles. The molecule has 0 saturated heterocycles. The summed E-state index contributed by atoms with van der Waals surface area (Å²) < 4.78 is 40.1. The van der Waals surface area contributed by atoms with E-state index in [2.05, 4.69) is 4.74 Å². The molecule has 0 saturated carbocycles. The first-order valence-corrected chi connectivity index (χ1v) is 5.07. The van der Waals surface area contributed by atoms with Crippen molar-refractivity contribution in [2.75, 3.05) is 11.6 Å². The van der Waals surface area contributed by atoms with Crippen molar-refractivity contribution >= 4 is 23.1 Å². The molecule has 7 heteroatoms. The van der Waals surface area contributed by atoms with Crippen molar-refractivity contribution in [3.63, 3.8) is 0 Å². The van der Waals surface area contributed by atoms with Crippen LogP contribution in [-0.4, -0.2) is 18.0 Å². The second-order valence-corrected chi connectivity index (χ2v) is 3.49. The Morgan fingerprint density at radius 1 is 1.41 bits per heavy atom. The quantitative estimate of drug-likeness (QED) is 0.674. The third kappa shape index (κ3) is 4.14. The van der Waals surface area contributed by atoms with Crippen LogP contribution < -0.4 is 10.5 Å². The van der Waals surface area contributed by atoms with E-state index >= 15 is 0 Å². The number of nitrogen functional groups attached to an aromatic ring is 1. The standard InChI is InChI=1S/C10H9ClF3NO2/c11-5-6(16)4-7-8(15)2-1-3-9(7)17-10(12,13)14/h1-3H,4-5,15H2. The maximum Gasteiger partial charge on any atom is 0.573 e. The van der Waals surface area contributed by atoms with Gasteiger partial charge in [0.1, 0.15) is 5.75 Å². The SMILES string of the molecule is Nc1cccc(OC(F)(F)F)c1CC(=O)CCl. The van der Waals surface area contributed by atoms with Gasteiger partial charge in [0.25, 0.3) is 0 Å². The van der Waals surface area contributed by atoms with Crippen molar-refractivity contribution in [1.82, 2.24) is 0 Å². The summed E-state index contributed by atoms with van der Waals surface area (Å²) in [5.41, 5.74) is 5.56. The Labute approximate surface area is 100 Å². The smallest absolute Gasteiger partial charge is 0.405 e. The van der Waals surface area contributed by atoms with Gasteiger partial charge in [-0.15, -0.1) is 24.8 Å². The van der Waals surface area contributed by atoms with Crippen LogP contribution >= 0.6 is 11.6 Å². The number of alkyl halides is 4. The highest BCUT2D eigenvalue weighted by molar-refractivity contribution is 6.27. The van der Waals surface area contributed by atoms with Gasteiger partial charge < -0.3 is 10.5 Å². The minimum absolute atomic E-state index is 0.00419. The molecule has 0 fully saturated rings. The van der Waals surface area contributed by atoms with E-state index in [0.717, 1.165) is 6.07 Å². The van der Waals surface area contributed by atoms with Gasteiger partial charge in [-0.1, -0.05) is 6.07 Å². The van der Waals surface area contributed by atoms with E-state index in [4.69, 9.17) is 17.3 Å². The average Bonchev–Trinajstić information content (AvgIpc) is 2.20. The Bertz CT molecular complexity index is 421. The number of rotatable bonds is 4. The van der Waals surface area contributed by atoms with Crippen molar-refractivity contribution in [2.45, 2.75) is 12.8 Å². The minimum Gasteiger partial charge on any atom is -0.405 e. The Morgan fingerprint density at radius 3 is 2.59 bits per heavy atom. The fourth-order valence-corrected chi connectivity index (χ4v) is 1.33. The molecular weight excluding hydrogens is 259 g/mol. The highest BCUT2D eigenvalue weighted by atomic mass is 35.5. The second-order valence-electron chi connectivity index (χ2n) is 3.22. The molecule has 0 atom stereocenters. The molecule has 0 spiro atoms. The molecule has 0 radical (unpaired) electrons. The van der Waals surface area contributed by atoms with Crippen LogP contribution in [0, 0.1) is 0 Å². The summed E-state index contributed by atoms with van der Waals surface area (Å²) in [5, 5.41) is 0. The molecule has 0 unspecified atom stereocenters. The molecule has 1 rings (SSSR count). The number of carbonyl (C=O) groups is 1. The van der Waals surface area contributed by atoms with Crippen molar-refractivity contribution in [2.24, 2.45) is 0 Å². The van der Waals surface area contributed by atoms with E-state index in [9.17, 15) is 18.0 Å². The van der Waals surface area contributed by atoms with Gasteiger partial charge in [-0.25, -0.2) is 0 Å². The predicted octanol–water partition coefficient (Wildman–Crippen LogP) is 2.52. The molecule has 0 bridgehead atoms. The summed E-state index contributed by atoms with van der Waals surface area (Å²) in [6.07, 6.45) is -5.12. The van der Waals surface area contributed by atoms with Gasteiger partial charge in [-0.2, -0.15) is 0 Å². The molecule has 0 aliphatic carbocycles. The van der Waals surface area contributed by atoms with Crippen molar-refractivity contribution in [3.05, 3.63) is 23.8 Å². The number of anilines is 1. The van der Waals surface area contributed by atoms with Crippen LogP contribution in [0.25, 0.3) is 0 Å². The molecule has 1 aromatic rings. The molecule has 94 valence electrons. The number of carbonyl (C=O) groups excluding carboxylic acids is 1. The third-order valence-corrected chi connectivity index (χ3v) is 2.22. The molecule has 0 aromatic heterocycles. The fourth-order valence-electron chi connectivity index (χ4n) is 1.24. The topological polar surface area (TPSA) is 52.3 Å². The molecule has 1 aromatic carbocycles. The van der Waals surface area contributed by atoms with Crippen LogP contribution in [0.5, 0.6) is 5.75 Å². The van der Waals surface area contributed by atoms with Gasteiger partial charge >= 0.3 is 6.36 Å². The number of hydrogen-bond acceptors (Lipinski definition) is 3. The maximum absolute atomic E-state index is 12.1. The molecular formula is C10H9ClF3NO2. The van der Waals surface area contributed by atoms with E-state index in [0.29, 0.717) is 0 Å². The van der Waals surface area contributed by atoms with Crippen LogP contribution in [0.2, 0.25) is 0 Å². The van der Waals surface area contributed by atoms with Crippen LogP contribution in [0.1, 0.15) is 5.56 Å². The van der Waals surface area contributed by atoms with Gasteiger partial charge in [0.2, 0.25) is 0 Å². The summed E-state index contributed by atoms with van der Waals surface area (Å²) in [7, 11) is 0. The lowest BCUT2D eigenvalue weighted by Gasteiger charge is -2.14. The van der Waals surface area contributed by atoms with Gasteiger partial charge in [0.05, 0.1) is 5.88 Å². The lowest BCUT2D eigenvalue weighted by atomic mass is 10.1. The molecule has 2 N–H and O–H groups in total. The van der Waals surface area contributed by atoms with Gasteiger partial charge in [0.15, 0.2) is 5.78 Å². The third-order valence-electron chi connectivity index (χ3n) is 1.92. The predicted molar refractivity (Wildman–Crippen MR) is 57.0 cm³/mol. The second kappa shape index (κ2) is 5.27. The van der Waals surface area contributed by atoms with Crippen LogP contribution in [-0.2, 0) is 11.2 Å². The lowest BCUT2D eigenvalue weighted by molar-refractivity contribution is -0.274. The summed E-state index contributed by atoms with van der Waals surface area (Å²) in [5.74, 6) is -1.20. The first-order valence-electron chi connectivity index (χ1n) is 4.54. The maximum atomic E-state index is 12.1. The summed E-state index contributed by atoms with van der Waals surface area (Å²) >= 11 is 5.29. The zero-order chi connectivity index (χ0) is 13.1. The molecule has 0 amide bonds. The Kier molecular flexibility index (Phi) is 4.22. The van der Waals surface area contributed by atoms with Crippen LogP contribution in [0.15, 0.2) is 18.2 Å². The molecule has 3 nitrogen and oxygen atoms in total. The molecule has 17 heavy (non-hydrogen) atoms. The van der Waals surface area contributed by atoms with Crippen molar-refractivity contribution in [1.29, 1.82) is 0 Å². The number of ketones is 1. The first kappa shape index (κ1) is 13.6. The van der Waals surface area contributed by atoms with Crippen LogP contribution in [0.4, 0.5) is 18.9 Å². The van der Waals surface area contributed by atoms with Gasteiger partial charge in [0, 0.05) is 17.7 Å². The largest absolute Gasteiger partial charge is 0.573 e. The summed E-state index contributed by atoms with van der Waals surface area (Å²) in [6, 6.07) is 3.80. The number of halogens is 4. The number of ether oxygens (including phenoxy) is 1.